The molecule has 4 nitrogen and oxygen atoms in total. The molecular formula is C12H18ClFN2O2S. The van der Waals surface area contributed by atoms with Crippen molar-refractivity contribution in [3.63, 3.8) is 0 Å². The van der Waals surface area contributed by atoms with E-state index in [1.165, 1.54) is 16.4 Å². The molecule has 0 aromatic heterocycles. The maximum Gasteiger partial charge on any atom is 0.243 e. The van der Waals surface area contributed by atoms with Gasteiger partial charge in [-0.05, 0) is 42.6 Å². The summed E-state index contributed by atoms with van der Waals surface area (Å²) in [6, 6.07) is 4.90. The van der Waals surface area contributed by atoms with Gasteiger partial charge in [0.25, 0.3) is 0 Å². The zero-order chi connectivity index (χ0) is 13.4. The molecule has 1 saturated heterocycles. The Morgan fingerprint density at radius 3 is 2.42 bits per heavy atom. The van der Waals surface area contributed by atoms with Crippen molar-refractivity contribution >= 4 is 22.4 Å². The van der Waals surface area contributed by atoms with Gasteiger partial charge in [-0.15, -0.1) is 12.4 Å². The molecule has 1 aliphatic rings. The summed E-state index contributed by atoms with van der Waals surface area (Å²) in [4.78, 5) is 0.130. The molecule has 0 amide bonds. The fourth-order valence-corrected chi connectivity index (χ4v) is 3.70. The van der Waals surface area contributed by atoms with Crippen LogP contribution in [0, 0.1) is 11.2 Å². The molecule has 0 spiro atoms. The second kappa shape index (κ2) is 5.75. The number of hydrogen-bond donors (Lipinski definition) is 1. The zero-order valence-electron chi connectivity index (χ0n) is 10.7. The first-order valence-electron chi connectivity index (χ1n) is 5.83. The fourth-order valence-electron chi connectivity index (χ4n) is 2.11. The lowest BCUT2D eigenvalue weighted by Gasteiger charge is -2.22. The molecule has 7 heteroatoms. The second-order valence-electron chi connectivity index (χ2n) is 5.06. The Bertz CT molecular complexity index is 535. The summed E-state index contributed by atoms with van der Waals surface area (Å²) in [5.74, 6) is -0.442. The quantitative estimate of drug-likeness (QED) is 0.922. The average molecular weight is 309 g/mol. The number of benzene rings is 1. The number of halogens is 2. The molecule has 1 aliphatic heterocycles. The van der Waals surface area contributed by atoms with Crippen LogP contribution in [0.2, 0.25) is 0 Å². The fraction of sp³-hybridized carbons (Fsp3) is 0.500. The molecule has 1 unspecified atom stereocenters. The summed E-state index contributed by atoms with van der Waals surface area (Å²) in [6.45, 7) is 3.33. The minimum absolute atomic E-state index is 0. The number of hydrogen-bond acceptors (Lipinski definition) is 3. The van der Waals surface area contributed by atoms with Crippen molar-refractivity contribution in [3.05, 3.63) is 30.1 Å². The molecule has 2 rings (SSSR count). The van der Waals surface area contributed by atoms with Gasteiger partial charge in [-0.2, -0.15) is 4.31 Å². The van der Waals surface area contributed by atoms with Crippen molar-refractivity contribution in [1.82, 2.24) is 4.31 Å². The van der Waals surface area contributed by atoms with E-state index >= 15 is 0 Å². The first kappa shape index (κ1) is 16.4. The predicted octanol–water partition coefficient (Wildman–Crippen LogP) is 1.61. The Morgan fingerprint density at radius 2 is 1.95 bits per heavy atom. The van der Waals surface area contributed by atoms with E-state index in [9.17, 15) is 12.8 Å². The molecule has 2 N–H and O–H groups in total. The minimum atomic E-state index is -3.53. The van der Waals surface area contributed by atoms with Crippen LogP contribution in [0.4, 0.5) is 4.39 Å². The monoisotopic (exact) mass is 308 g/mol. The molecule has 108 valence electrons. The molecule has 0 aliphatic carbocycles. The van der Waals surface area contributed by atoms with Crippen LogP contribution in [0.15, 0.2) is 29.2 Å². The predicted molar refractivity (Wildman–Crippen MR) is 74.2 cm³/mol. The van der Waals surface area contributed by atoms with Crippen LogP contribution in [0.25, 0.3) is 0 Å². The van der Waals surface area contributed by atoms with Crippen LogP contribution in [-0.4, -0.2) is 32.4 Å². The summed E-state index contributed by atoms with van der Waals surface area (Å²) in [7, 11) is -3.53. The van der Waals surface area contributed by atoms with Gasteiger partial charge in [-0.25, -0.2) is 12.8 Å². The van der Waals surface area contributed by atoms with E-state index in [0.29, 0.717) is 19.6 Å². The van der Waals surface area contributed by atoms with Gasteiger partial charge >= 0.3 is 0 Å². The van der Waals surface area contributed by atoms with Crippen LogP contribution < -0.4 is 5.73 Å². The van der Waals surface area contributed by atoms with Gasteiger partial charge in [0, 0.05) is 13.1 Å². The smallest absolute Gasteiger partial charge is 0.243 e. The SMILES string of the molecule is CC1(CN)CCN(S(=O)(=O)c2ccc(F)cc2)C1.Cl. The summed E-state index contributed by atoms with van der Waals surface area (Å²) in [6.07, 6.45) is 0.754. The van der Waals surface area contributed by atoms with E-state index in [0.717, 1.165) is 18.6 Å². The molecule has 1 atom stereocenters. The molecule has 19 heavy (non-hydrogen) atoms. The van der Waals surface area contributed by atoms with E-state index in [1.807, 2.05) is 6.92 Å². The standard InChI is InChI=1S/C12H17FN2O2S.ClH/c1-12(8-14)6-7-15(9-12)18(16,17)11-4-2-10(13)3-5-11;/h2-5H,6-9,14H2,1H3;1H. The topological polar surface area (TPSA) is 63.4 Å². The summed E-state index contributed by atoms with van der Waals surface area (Å²) >= 11 is 0. The Kier molecular flexibility index (Phi) is 4.95. The lowest BCUT2D eigenvalue weighted by molar-refractivity contribution is 0.349. The van der Waals surface area contributed by atoms with Gasteiger partial charge in [-0.1, -0.05) is 6.92 Å². The van der Waals surface area contributed by atoms with Crippen molar-refractivity contribution in [2.45, 2.75) is 18.2 Å². The normalized spacial score (nSPS) is 24.2. The number of sulfonamides is 1. The van der Waals surface area contributed by atoms with Crippen LogP contribution in [0.1, 0.15) is 13.3 Å². The van der Waals surface area contributed by atoms with Gasteiger partial charge in [-0.3, -0.25) is 0 Å². The highest BCUT2D eigenvalue weighted by Crippen LogP contribution is 2.32. The highest BCUT2D eigenvalue weighted by molar-refractivity contribution is 7.89. The Morgan fingerprint density at radius 1 is 1.37 bits per heavy atom. The summed E-state index contributed by atoms with van der Waals surface area (Å²) < 4.78 is 38.9. The largest absolute Gasteiger partial charge is 0.330 e. The van der Waals surface area contributed by atoms with Gasteiger partial charge < -0.3 is 5.73 Å². The lowest BCUT2D eigenvalue weighted by Crippen LogP contribution is -2.34. The number of rotatable bonds is 3. The highest BCUT2D eigenvalue weighted by atomic mass is 35.5. The van der Waals surface area contributed by atoms with E-state index in [1.54, 1.807) is 0 Å². The average Bonchev–Trinajstić information content (AvgIpc) is 2.74. The van der Waals surface area contributed by atoms with E-state index < -0.39 is 15.8 Å². The van der Waals surface area contributed by atoms with Gasteiger partial charge in [0.05, 0.1) is 4.90 Å². The summed E-state index contributed by atoms with van der Waals surface area (Å²) in [5, 5.41) is 0. The van der Waals surface area contributed by atoms with Crippen LogP contribution in [0.3, 0.4) is 0 Å². The first-order chi connectivity index (χ1) is 8.37. The third-order valence-corrected chi connectivity index (χ3v) is 5.33. The highest BCUT2D eigenvalue weighted by Gasteiger charge is 2.38. The molecule has 1 fully saturated rings. The van der Waals surface area contributed by atoms with Crippen molar-refractivity contribution in [1.29, 1.82) is 0 Å². The zero-order valence-corrected chi connectivity index (χ0v) is 12.3. The van der Waals surface area contributed by atoms with E-state index in [4.69, 9.17) is 5.73 Å². The van der Waals surface area contributed by atoms with Crippen LogP contribution >= 0.6 is 12.4 Å². The van der Waals surface area contributed by atoms with Crippen molar-refractivity contribution in [2.75, 3.05) is 19.6 Å². The van der Waals surface area contributed by atoms with Crippen LogP contribution in [0.5, 0.6) is 0 Å². The van der Waals surface area contributed by atoms with E-state index in [-0.39, 0.29) is 22.7 Å². The van der Waals surface area contributed by atoms with Crippen molar-refractivity contribution < 1.29 is 12.8 Å². The van der Waals surface area contributed by atoms with Crippen molar-refractivity contribution in [2.24, 2.45) is 11.1 Å². The molecule has 0 bridgehead atoms. The molecule has 0 radical (unpaired) electrons. The van der Waals surface area contributed by atoms with Crippen molar-refractivity contribution in [3.8, 4) is 0 Å². The second-order valence-corrected chi connectivity index (χ2v) is 7.00. The molecule has 0 saturated carbocycles. The van der Waals surface area contributed by atoms with Gasteiger partial charge in [0.15, 0.2) is 0 Å². The third kappa shape index (κ3) is 3.25. The molecule has 1 aromatic carbocycles. The Labute approximate surface area is 119 Å². The van der Waals surface area contributed by atoms with Crippen LogP contribution in [-0.2, 0) is 10.0 Å². The molecular weight excluding hydrogens is 291 g/mol. The molecule has 1 aromatic rings. The van der Waals surface area contributed by atoms with Gasteiger partial charge in [0.2, 0.25) is 10.0 Å². The number of nitrogens with two attached hydrogens (primary N) is 1. The maximum absolute atomic E-state index is 12.8. The minimum Gasteiger partial charge on any atom is -0.330 e. The third-order valence-electron chi connectivity index (χ3n) is 3.47. The Hall–Kier alpha value is -0.690. The summed E-state index contributed by atoms with van der Waals surface area (Å²) in [5.41, 5.74) is 5.50. The van der Waals surface area contributed by atoms with Gasteiger partial charge in [0.1, 0.15) is 5.82 Å². The Balaban J connectivity index is 0.00000180. The number of nitrogens with zero attached hydrogens (tertiary/aromatic N) is 1. The maximum atomic E-state index is 12.8. The molecule has 1 heterocycles. The lowest BCUT2D eigenvalue weighted by atomic mass is 9.90. The van der Waals surface area contributed by atoms with E-state index in [2.05, 4.69) is 0 Å². The first-order valence-corrected chi connectivity index (χ1v) is 7.27.